The quantitative estimate of drug-likeness (QED) is 0.819. The van der Waals surface area contributed by atoms with Gasteiger partial charge in [-0.05, 0) is 19.9 Å². The molecule has 5 nitrogen and oxygen atoms in total. The van der Waals surface area contributed by atoms with Crippen LogP contribution < -0.4 is 5.32 Å². The molecule has 0 spiro atoms. The van der Waals surface area contributed by atoms with Crippen LogP contribution in [0.15, 0.2) is 46.0 Å². The van der Waals surface area contributed by atoms with Gasteiger partial charge in [0.25, 0.3) is 0 Å². The Morgan fingerprint density at radius 2 is 2.28 bits per heavy atom. The second kappa shape index (κ2) is 7.33. The van der Waals surface area contributed by atoms with Crippen LogP contribution in [-0.2, 0) is 9.53 Å². The van der Waals surface area contributed by atoms with E-state index in [1.54, 1.807) is 26.1 Å². The first-order valence-corrected chi connectivity index (χ1v) is 8.85. The number of ether oxygens (including phenoxy) is 1. The van der Waals surface area contributed by atoms with Crippen LogP contribution in [0.25, 0.3) is 0 Å². The number of esters is 1. The smallest absolute Gasteiger partial charge is 0.338 e. The van der Waals surface area contributed by atoms with E-state index in [1.165, 1.54) is 23.5 Å². The summed E-state index contributed by atoms with van der Waals surface area (Å²) >= 11 is 7.55. The average molecular weight is 380 g/mol. The van der Waals surface area contributed by atoms with Gasteiger partial charge in [-0.1, -0.05) is 23.7 Å². The van der Waals surface area contributed by atoms with E-state index in [-0.39, 0.29) is 11.6 Å². The summed E-state index contributed by atoms with van der Waals surface area (Å²) in [4.78, 5) is 21.2. The first-order valence-electron chi connectivity index (χ1n) is 7.59. The number of nitrogens with zero attached hydrogens (tertiary/aromatic N) is 2. The van der Waals surface area contributed by atoms with Gasteiger partial charge in [0.15, 0.2) is 10.8 Å². The minimum Gasteiger partial charge on any atom is -0.463 e. The molecule has 8 heteroatoms. The summed E-state index contributed by atoms with van der Waals surface area (Å²) in [6.07, 6.45) is 1.66. The molecule has 0 aliphatic carbocycles. The van der Waals surface area contributed by atoms with Crippen molar-refractivity contribution < 1.29 is 13.9 Å². The van der Waals surface area contributed by atoms with E-state index in [1.807, 2.05) is 5.38 Å². The molecule has 1 N–H and O–H groups in total. The van der Waals surface area contributed by atoms with Gasteiger partial charge in [-0.25, -0.2) is 14.2 Å². The third-order valence-corrected chi connectivity index (χ3v) is 4.83. The zero-order chi connectivity index (χ0) is 18.0. The summed E-state index contributed by atoms with van der Waals surface area (Å²) in [5.41, 5.74) is 1.28. The van der Waals surface area contributed by atoms with Crippen LogP contribution in [0.1, 0.15) is 30.5 Å². The van der Waals surface area contributed by atoms with Crippen LogP contribution in [0.5, 0.6) is 0 Å². The molecule has 130 valence electrons. The Morgan fingerprint density at radius 1 is 1.48 bits per heavy atom. The van der Waals surface area contributed by atoms with Crippen molar-refractivity contribution in [2.24, 2.45) is 4.99 Å². The molecule has 1 aliphatic rings. The molecule has 0 radical (unpaired) electrons. The number of nitrogens with one attached hydrogen (secondary N) is 1. The van der Waals surface area contributed by atoms with E-state index in [4.69, 9.17) is 16.3 Å². The normalized spacial score (nSPS) is 17.1. The van der Waals surface area contributed by atoms with E-state index in [0.717, 1.165) is 0 Å². The number of aliphatic imine (C=N–C) groups is 1. The molecular formula is C17H15ClFN3O2S. The molecule has 0 bridgehead atoms. The molecule has 2 aromatic rings. The predicted octanol–water partition coefficient (Wildman–Crippen LogP) is 3.86. The topological polar surface area (TPSA) is 63.6 Å². The second-order valence-electron chi connectivity index (χ2n) is 5.24. The number of carbonyl (C=O) groups is 1. The molecule has 0 saturated carbocycles. The number of aromatic nitrogens is 1. The largest absolute Gasteiger partial charge is 0.463 e. The maximum Gasteiger partial charge on any atom is 0.338 e. The second-order valence-corrected chi connectivity index (χ2v) is 6.52. The standard InChI is InChI=1S/C17H15ClFN3O2S/c1-3-24-17(23)12-9(2)21-15(16-20-7-8-25-16)22-14(12)10-5-4-6-11(19)13(10)18/h4-8,14H,3H2,1-2H3,(H,21,22)/t14-/m1/s1. The summed E-state index contributed by atoms with van der Waals surface area (Å²) in [7, 11) is 0. The van der Waals surface area contributed by atoms with E-state index in [0.29, 0.717) is 27.7 Å². The lowest BCUT2D eigenvalue weighted by Crippen LogP contribution is -2.32. The minimum atomic E-state index is -0.776. The van der Waals surface area contributed by atoms with Crippen molar-refractivity contribution >= 4 is 34.7 Å². The fourth-order valence-corrected chi connectivity index (χ4v) is 3.37. The summed E-state index contributed by atoms with van der Waals surface area (Å²) in [5, 5.41) is 5.51. The number of hydrogen-bond acceptors (Lipinski definition) is 6. The highest BCUT2D eigenvalue weighted by molar-refractivity contribution is 7.11. The van der Waals surface area contributed by atoms with E-state index in [9.17, 15) is 9.18 Å². The number of amidine groups is 1. The van der Waals surface area contributed by atoms with Gasteiger partial charge in [-0.3, -0.25) is 4.99 Å². The van der Waals surface area contributed by atoms with Gasteiger partial charge >= 0.3 is 5.97 Å². The summed E-state index contributed by atoms with van der Waals surface area (Å²) in [6, 6.07) is 3.67. The van der Waals surface area contributed by atoms with Crippen LogP contribution in [0.4, 0.5) is 4.39 Å². The SMILES string of the molecule is CCOC(=O)C1=C(C)NC(c2nccs2)=N[C@@H]1c1cccc(F)c1Cl. The van der Waals surface area contributed by atoms with Gasteiger partial charge in [0, 0.05) is 22.8 Å². The Labute approximate surface area is 153 Å². The predicted molar refractivity (Wildman–Crippen MR) is 95.3 cm³/mol. The van der Waals surface area contributed by atoms with Crippen molar-refractivity contribution in [2.45, 2.75) is 19.9 Å². The van der Waals surface area contributed by atoms with Gasteiger partial charge in [0.2, 0.25) is 0 Å². The number of hydrogen-bond donors (Lipinski definition) is 1. The molecule has 0 unspecified atom stereocenters. The van der Waals surface area contributed by atoms with Crippen molar-refractivity contribution in [1.29, 1.82) is 0 Å². The highest BCUT2D eigenvalue weighted by Gasteiger charge is 2.32. The number of thiazole rings is 1. The number of allylic oxidation sites excluding steroid dienone is 1. The van der Waals surface area contributed by atoms with Crippen molar-refractivity contribution in [3.8, 4) is 0 Å². The molecule has 0 fully saturated rings. The van der Waals surface area contributed by atoms with Gasteiger partial charge in [-0.2, -0.15) is 0 Å². The van der Waals surface area contributed by atoms with E-state index >= 15 is 0 Å². The van der Waals surface area contributed by atoms with Gasteiger partial charge in [0.05, 0.1) is 17.2 Å². The summed E-state index contributed by atoms with van der Waals surface area (Å²) in [5.74, 6) is -0.574. The Balaban J connectivity index is 2.13. The lowest BCUT2D eigenvalue weighted by atomic mass is 9.96. The zero-order valence-electron chi connectivity index (χ0n) is 13.5. The number of carbonyl (C=O) groups excluding carboxylic acids is 1. The molecule has 0 saturated heterocycles. The summed E-state index contributed by atoms with van der Waals surface area (Å²) in [6.45, 7) is 3.69. The number of benzene rings is 1. The van der Waals surface area contributed by atoms with Crippen LogP contribution >= 0.6 is 22.9 Å². The van der Waals surface area contributed by atoms with Crippen LogP contribution in [0, 0.1) is 5.82 Å². The Bertz CT molecular complexity index is 865. The number of rotatable bonds is 4. The lowest BCUT2D eigenvalue weighted by molar-refractivity contribution is -0.138. The van der Waals surface area contributed by atoms with Gasteiger partial charge in [-0.15, -0.1) is 11.3 Å². The average Bonchev–Trinajstić information content (AvgIpc) is 3.11. The third-order valence-electron chi connectivity index (χ3n) is 3.65. The first-order chi connectivity index (χ1) is 12.0. The fraction of sp³-hybridized carbons (Fsp3) is 0.235. The van der Waals surface area contributed by atoms with Crippen LogP contribution in [-0.4, -0.2) is 23.4 Å². The molecular weight excluding hydrogens is 365 g/mol. The Morgan fingerprint density at radius 3 is 2.96 bits per heavy atom. The molecule has 25 heavy (non-hydrogen) atoms. The van der Waals surface area contributed by atoms with Crippen molar-refractivity contribution in [3.63, 3.8) is 0 Å². The van der Waals surface area contributed by atoms with Gasteiger partial charge < -0.3 is 10.1 Å². The Hall–Kier alpha value is -2.25. The van der Waals surface area contributed by atoms with E-state index in [2.05, 4.69) is 15.3 Å². The maximum atomic E-state index is 13.9. The highest BCUT2D eigenvalue weighted by Crippen LogP contribution is 2.37. The third kappa shape index (κ3) is 3.43. The van der Waals surface area contributed by atoms with Crippen LogP contribution in [0.2, 0.25) is 5.02 Å². The minimum absolute atomic E-state index is 0.0637. The molecule has 1 aromatic carbocycles. The van der Waals surface area contributed by atoms with Crippen molar-refractivity contribution in [3.05, 3.63) is 62.5 Å². The Kier molecular flexibility index (Phi) is 5.15. The van der Waals surface area contributed by atoms with E-state index < -0.39 is 17.8 Å². The molecule has 0 amide bonds. The molecule has 1 aliphatic heterocycles. The molecule has 1 aromatic heterocycles. The van der Waals surface area contributed by atoms with Crippen molar-refractivity contribution in [2.75, 3.05) is 6.61 Å². The highest BCUT2D eigenvalue weighted by atomic mass is 35.5. The molecule has 3 rings (SSSR count). The fourth-order valence-electron chi connectivity index (χ4n) is 2.56. The number of halogens is 2. The zero-order valence-corrected chi connectivity index (χ0v) is 15.1. The van der Waals surface area contributed by atoms with Crippen LogP contribution in [0.3, 0.4) is 0 Å². The van der Waals surface area contributed by atoms with Crippen molar-refractivity contribution in [1.82, 2.24) is 10.3 Å². The lowest BCUT2D eigenvalue weighted by Gasteiger charge is -2.26. The van der Waals surface area contributed by atoms with Gasteiger partial charge in [0.1, 0.15) is 11.9 Å². The first kappa shape index (κ1) is 17.6. The monoisotopic (exact) mass is 379 g/mol. The summed E-state index contributed by atoms with van der Waals surface area (Å²) < 4.78 is 19.1. The molecule has 1 atom stereocenters. The maximum absolute atomic E-state index is 13.9. The molecule has 2 heterocycles.